The first kappa shape index (κ1) is 14.1. The van der Waals surface area contributed by atoms with Gasteiger partial charge in [-0.1, -0.05) is 12.8 Å². The normalized spacial score (nSPS) is 29.1. The third-order valence-corrected chi connectivity index (χ3v) is 5.27. The van der Waals surface area contributed by atoms with E-state index in [1.165, 1.54) is 50.6 Å². The molecule has 20 heavy (non-hydrogen) atoms. The molecule has 1 saturated heterocycles. The van der Waals surface area contributed by atoms with Gasteiger partial charge in [0.1, 0.15) is 0 Å². The molecule has 4 heteroatoms. The Morgan fingerprint density at radius 2 is 2.10 bits per heavy atom. The zero-order valence-corrected chi connectivity index (χ0v) is 12.7. The standard InChI is InChI=1S/C16H28N4/c1-2-19-12-14(11-18-19)16(10-17)20-9-5-7-13-6-3-4-8-15(13)20/h11-13,15-16H,2-10,17H2,1H3/t13-,15-,16?/m1/s1. The molecule has 1 unspecified atom stereocenters. The van der Waals surface area contributed by atoms with Crippen molar-refractivity contribution in [3.05, 3.63) is 18.0 Å². The van der Waals surface area contributed by atoms with Crippen LogP contribution in [-0.2, 0) is 6.54 Å². The van der Waals surface area contributed by atoms with Gasteiger partial charge in [-0.3, -0.25) is 9.58 Å². The number of fused-ring (bicyclic) bond motifs is 1. The van der Waals surface area contributed by atoms with Crippen molar-refractivity contribution < 1.29 is 0 Å². The largest absolute Gasteiger partial charge is 0.329 e. The SMILES string of the molecule is CCn1cc(C(CN)N2CCC[C@H]3CCCC[C@H]32)cn1. The fraction of sp³-hybridized carbons (Fsp3) is 0.812. The minimum atomic E-state index is 0.362. The zero-order chi connectivity index (χ0) is 13.9. The summed E-state index contributed by atoms with van der Waals surface area (Å²) in [4.78, 5) is 2.70. The predicted octanol–water partition coefficient (Wildman–Crippen LogP) is 2.56. The fourth-order valence-corrected chi connectivity index (χ4v) is 4.24. The lowest BCUT2D eigenvalue weighted by Gasteiger charge is -2.47. The van der Waals surface area contributed by atoms with Gasteiger partial charge in [-0.2, -0.15) is 5.10 Å². The molecular formula is C16H28N4. The lowest BCUT2D eigenvalue weighted by atomic mass is 9.77. The summed E-state index contributed by atoms with van der Waals surface area (Å²) in [6.45, 7) is 4.98. The van der Waals surface area contributed by atoms with Crippen LogP contribution < -0.4 is 5.73 Å². The molecule has 3 rings (SSSR count). The second-order valence-electron chi connectivity index (χ2n) is 6.37. The van der Waals surface area contributed by atoms with E-state index in [1.807, 2.05) is 10.9 Å². The molecule has 4 nitrogen and oxygen atoms in total. The Hall–Kier alpha value is -0.870. The van der Waals surface area contributed by atoms with Crippen molar-refractivity contribution in [1.29, 1.82) is 0 Å². The van der Waals surface area contributed by atoms with Crippen molar-refractivity contribution >= 4 is 0 Å². The van der Waals surface area contributed by atoms with Crippen molar-refractivity contribution in [2.24, 2.45) is 11.7 Å². The summed E-state index contributed by atoms with van der Waals surface area (Å²) in [5.41, 5.74) is 7.44. The predicted molar refractivity (Wildman–Crippen MR) is 81.4 cm³/mol. The molecule has 1 saturated carbocycles. The van der Waals surface area contributed by atoms with Crippen molar-refractivity contribution in [2.45, 2.75) is 64.1 Å². The van der Waals surface area contributed by atoms with E-state index in [0.29, 0.717) is 12.6 Å². The molecule has 2 N–H and O–H groups in total. The Balaban J connectivity index is 1.80. The van der Waals surface area contributed by atoms with Gasteiger partial charge in [-0.05, 0) is 45.1 Å². The number of likely N-dealkylation sites (tertiary alicyclic amines) is 1. The number of rotatable bonds is 4. The highest BCUT2D eigenvalue weighted by Gasteiger charge is 2.36. The summed E-state index contributed by atoms with van der Waals surface area (Å²) in [6.07, 6.45) is 12.6. The third-order valence-electron chi connectivity index (χ3n) is 5.27. The minimum absolute atomic E-state index is 0.362. The molecule has 0 bridgehead atoms. The van der Waals surface area contributed by atoms with Crippen LogP contribution in [0, 0.1) is 5.92 Å². The molecule has 0 aromatic carbocycles. The molecule has 2 heterocycles. The second-order valence-corrected chi connectivity index (χ2v) is 6.37. The lowest BCUT2D eigenvalue weighted by Crippen LogP contribution is -2.49. The first-order valence-corrected chi connectivity index (χ1v) is 8.31. The Kier molecular flexibility index (Phi) is 4.41. The molecule has 112 valence electrons. The summed E-state index contributed by atoms with van der Waals surface area (Å²) in [5, 5.41) is 4.44. The molecule has 0 amide bonds. The van der Waals surface area contributed by atoms with Gasteiger partial charge in [0.15, 0.2) is 0 Å². The maximum Gasteiger partial charge on any atom is 0.0538 e. The van der Waals surface area contributed by atoms with E-state index in [4.69, 9.17) is 5.73 Å². The Morgan fingerprint density at radius 1 is 1.30 bits per heavy atom. The smallest absolute Gasteiger partial charge is 0.0538 e. The molecule has 3 atom stereocenters. The van der Waals surface area contributed by atoms with Crippen molar-refractivity contribution in [2.75, 3.05) is 13.1 Å². The highest BCUT2D eigenvalue weighted by molar-refractivity contribution is 5.13. The van der Waals surface area contributed by atoms with E-state index in [9.17, 15) is 0 Å². The average molecular weight is 276 g/mol. The maximum atomic E-state index is 6.13. The van der Waals surface area contributed by atoms with E-state index >= 15 is 0 Å². The minimum Gasteiger partial charge on any atom is -0.329 e. The molecule has 1 aliphatic heterocycles. The molecule has 1 aromatic heterocycles. The van der Waals surface area contributed by atoms with Gasteiger partial charge in [-0.15, -0.1) is 0 Å². The van der Waals surface area contributed by atoms with Crippen LogP contribution in [0.15, 0.2) is 12.4 Å². The van der Waals surface area contributed by atoms with Crippen LogP contribution in [-0.4, -0.2) is 33.8 Å². The van der Waals surface area contributed by atoms with Crippen molar-refractivity contribution in [1.82, 2.24) is 14.7 Å². The first-order chi connectivity index (χ1) is 9.83. The van der Waals surface area contributed by atoms with E-state index in [2.05, 4.69) is 23.1 Å². The van der Waals surface area contributed by atoms with Gasteiger partial charge in [0.25, 0.3) is 0 Å². The van der Waals surface area contributed by atoms with Crippen LogP contribution in [0.4, 0.5) is 0 Å². The van der Waals surface area contributed by atoms with Crippen LogP contribution in [0.1, 0.15) is 57.1 Å². The Morgan fingerprint density at radius 3 is 2.85 bits per heavy atom. The molecule has 0 spiro atoms. The quantitative estimate of drug-likeness (QED) is 0.919. The fourth-order valence-electron chi connectivity index (χ4n) is 4.24. The monoisotopic (exact) mass is 276 g/mol. The second kappa shape index (κ2) is 6.27. The molecular weight excluding hydrogens is 248 g/mol. The topological polar surface area (TPSA) is 47.1 Å². The van der Waals surface area contributed by atoms with Crippen molar-refractivity contribution in [3.63, 3.8) is 0 Å². The van der Waals surface area contributed by atoms with Crippen molar-refractivity contribution in [3.8, 4) is 0 Å². The van der Waals surface area contributed by atoms with Gasteiger partial charge in [0.05, 0.1) is 12.2 Å². The Bertz CT molecular complexity index is 426. The van der Waals surface area contributed by atoms with Gasteiger partial charge in [0.2, 0.25) is 0 Å². The summed E-state index contributed by atoms with van der Waals surface area (Å²) < 4.78 is 2.01. The van der Waals surface area contributed by atoms with E-state index in [-0.39, 0.29) is 0 Å². The number of aromatic nitrogens is 2. The Labute approximate surface area is 122 Å². The summed E-state index contributed by atoms with van der Waals surface area (Å²) >= 11 is 0. The highest BCUT2D eigenvalue weighted by atomic mass is 15.3. The number of hydrogen-bond donors (Lipinski definition) is 1. The summed E-state index contributed by atoms with van der Waals surface area (Å²) in [7, 11) is 0. The van der Waals surface area contributed by atoms with Gasteiger partial charge >= 0.3 is 0 Å². The first-order valence-electron chi connectivity index (χ1n) is 8.31. The average Bonchev–Trinajstić information content (AvgIpc) is 2.97. The van der Waals surface area contributed by atoms with Crippen LogP contribution in [0.5, 0.6) is 0 Å². The van der Waals surface area contributed by atoms with Gasteiger partial charge in [-0.25, -0.2) is 0 Å². The lowest BCUT2D eigenvalue weighted by molar-refractivity contribution is 0.0276. The van der Waals surface area contributed by atoms with Crippen LogP contribution in [0.3, 0.4) is 0 Å². The summed E-state index contributed by atoms with van der Waals surface area (Å²) in [5.74, 6) is 0.910. The van der Waals surface area contributed by atoms with Crippen LogP contribution in [0.2, 0.25) is 0 Å². The molecule has 2 aliphatic rings. The maximum absolute atomic E-state index is 6.13. The highest BCUT2D eigenvalue weighted by Crippen LogP contribution is 2.39. The third kappa shape index (κ3) is 2.63. The molecule has 0 radical (unpaired) electrons. The molecule has 1 aromatic rings. The van der Waals surface area contributed by atoms with E-state index < -0.39 is 0 Å². The molecule has 2 fully saturated rings. The van der Waals surface area contributed by atoms with Gasteiger partial charge < -0.3 is 5.73 Å². The number of piperidine rings is 1. The van der Waals surface area contributed by atoms with Crippen LogP contribution >= 0.6 is 0 Å². The number of aryl methyl sites for hydroxylation is 1. The van der Waals surface area contributed by atoms with E-state index in [0.717, 1.165) is 18.5 Å². The summed E-state index contributed by atoms with van der Waals surface area (Å²) in [6, 6.07) is 1.12. The zero-order valence-electron chi connectivity index (χ0n) is 12.7. The van der Waals surface area contributed by atoms with Gasteiger partial charge in [0, 0.05) is 30.9 Å². The number of nitrogens with zero attached hydrogens (tertiary/aromatic N) is 3. The van der Waals surface area contributed by atoms with E-state index in [1.54, 1.807) is 0 Å². The molecule has 1 aliphatic carbocycles. The number of nitrogens with two attached hydrogens (primary N) is 1. The number of hydrogen-bond acceptors (Lipinski definition) is 3. The van der Waals surface area contributed by atoms with Crippen LogP contribution in [0.25, 0.3) is 0 Å².